The number of ether oxygens (including phenoxy) is 1. The topological polar surface area (TPSA) is 26.3 Å². The number of carbonyl (C=O) groups is 1. The molecular formula is C18H35BrO2. The molecular weight excluding hydrogens is 328 g/mol. The summed E-state index contributed by atoms with van der Waals surface area (Å²) in [7, 11) is 0. The Bertz CT molecular complexity index is 231. The third kappa shape index (κ3) is 16.2. The maximum Gasteiger partial charge on any atom is 0.305 e. The zero-order chi connectivity index (χ0) is 15.8. The summed E-state index contributed by atoms with van der Waals surface area (Å²) in [6.07, 6.45) is 14.2. The van der Waals surface area contributed by atoms with Crippen molar-refractivity contribution in [2.24, 2.45) is 5.92 Å². The summed E-state index contributed by atoms with van der Waals surface area (Å²) < 4.78 is 5.36. The number of carbonyl (C=O) groups excluding carboxylic acids is 1. The van der Waals surface area contributed by atoms with Crippen LogP contribution in [0, 0.1) is 5.92 Å². The van der Waals surface area contributed by atoms with Gasteiger partial charge in [-0.3, -0.25) is 4.79 Å². The van der Waals surface area contributed by atoms with Gasteiger partial charge in [-0.1, -0.05) is 81.1 Å². The first-order valence-electron chi connectivity index (χ1n) is 8.92. The molecule has 0 radical (unpaired) electrons. The number of halogens is 1. The van der Waals surface area contributed by atoms with Gasteiger partial charge in [0.2, 0.25) is 0 Å². The summed E-state index contributed by atoms with van der Waals surface area (Å²) in [5.41, 5.74) is 0. The fourth-order valence-electron chi connectivity index (χ4n) is 2.38. The molecule has 21 heavy (non-hydrogen) atoms. The molecule has 1 atom stereocenters. The third-order valence-corrected chi connectivity index (χ3v) is 4.40. The minimum Gasteiger partial charge on any atom is -0.465 e. The Hall–Kier alpha value is -0.0500. The molecule has 0 amide bonds. The Labute approximate surface area is 140 Å². The van der Waals surface area contributed by atoms with Crippen LogP contribution in [0.4, 0.5) is 0 Å². The van der Waals surface area contributed by atoms with Gasteiger partial charge in [-0.25, -0.2) is 0 Å². The molecule has 126 valence electrons. The van der Waals surface area contributed by atoms with Crippen molar-refractivity contribution in [3.63, 3.8) is 0 Å². The summed E-state index contributed by atoms with van der Waals surface area (Å²) in [6.45, 7) is 5.01. The van der Waals surface area contributed by atoms with Gasteiger partial charge in [0.25, 0.3) is 0 Å². The Kier molecular flexibility index (Phi) is 16.3. The van der Waals surface area contributed by atoms with Crippen LogP contribution in [0.3, 0.4) is 0 Å². The van der Waals surface area contributed by atoms with Gasteiger partial charge in [0, 0.05) is 11.8 Å². The molecule has 0 saturated heterocycles. The van der Waals surface area contributed by atoms with Crippen molar-refractivity contribution in [1.29, 1.82) is 0 Å². The Balaban J connectivity index is 3.32. The van der Waals surface area contributed by atoms with Crippen molar-refractivity contribution in [1.82, 2.24) is 0 Å². The van der Waals surface area contributed by atoms with Gasteiger partial charge in [-0.15, -0.1) is 0 Å². The summed E-state index contributed by atoms with van der Waals surface area (Å²) in [5, 5.41) is 1.09. The maximum atomic E-state index is 11.6. The van der Waals surface area contributed by atoms with Crippen molar-refractivity contribution in [2.75, 3.05) is 11.9 Å². The van der Waals surface area contributed by atoms with E-state index in [1.165, 1.54) is 57.8 Å². The Morgan fingerprint density at radius 3 is 2.24 bits per heavy atom. The largest absolute Gasteiger partial charge is 0.465 e. The highest BCUT2D eigenvalue weighted by atomic mass is 79.9. The molecule has 0 aromatic rings. The molecule has 0 fully saturated rings. The molecule has 1 unspecified atom stereocenters. The van der Waals surface area contributed by atoms with E-state index in [-0.39, 0.29) is 5.97 Å². The standard InChI is InChI=1S/C18H35BrO2/c1-3-4-5-6-7-8-11-14-18(20)21-16-17(2)13-10-9-12-15-19/h17H,3-16H2,1-2H3. The lowest BCUT2D eigenvalue weighted by molar-refractivity contribution is -0.145. The second kappa shape index (κ2) is 16.3. The van der Waals surface area contributed by atoms with Crippen LogP contribution in [0.5, 0.6) is 0 Å². The third-order valence-electron chi connectivity index (χ3n) is 3.84. The van der Waals surface area contributed by atoms with E-state index in [0.29, 0.717) is 18.9 Å². The van der Waals surface area contributed by atoms with E-state index < -0.39 is 0 Å². The predicted molar refractivity (Wildman–Crippen MR) is 95.0 cm³/mol. The molecule has 0 aromatic heterocycles. The number of alkyl halides is 1. The minimum absolute atomic E-state index is 0.00383. The maximum absolute atomic E-state index is 11.6. The van der Waals surface area contributed by atoms with E-state index in [4.69, 9.17) is 4.74 Å². The molecule has 0 heterocycles. The van der Waals surface area contributed by atoms with Crippen LogP contribution in [0.1, 0.15) is 90.9 Å². The van der Waals surface area contributed by atoms with E-state index in [1.54, 1.807) is 0 Å². The first-order chi connectivity index (χ1) is 10.2. The molecule has 0 N–H and O–H groups in total. The van der Waals surface area contributed by atoms with Crippen LogP contribution in [0.15, 0.2) is 0 Å². The lowest BCUT2D eigenvalue weighted by Gasteiger charge is -2.11. The lowest BCUT2D eigenvalue weighted by atomic mass is 10.0. The number of hydrogen-bond donors (Lipinski definition) is 0. The van der Waals surface area contributed by atoms with Gasteiger partial charge in [0.1, 0.15) is 0 Å². The van der Waals surface area contributed by atoms with Crippen LogP contribution in [0.25, 0.3) is 0 Å². The van der Waals surface area contributed by atoms with E-state index in [1.807, 2.05) is 0 Å². The smallest absolute Gasteiger partial charge is 0.305 e. The SMILES string of the molecule is CCCCCCCCCC(=O)OCC(C)CCCCCBr. The van der Waals surface area contributed by atoms with Crippen molar-refractivity contribution in [2.45, 2.75) is 90.9 Å². The van der Waals surface area contributed by atoms with Crippen LogP contribution in [-0.2, 0) is 9.53 Å². The van der Waals surface area contributed by atoms with Gasteiger partial charge < -0.3 is 4.74 Å². The van der Waals surface area contributed by atoms with Crippen molar-refractivity contribution >= 4 is 21.9 Å². The summed E-state index contributed by atoms with van der Waals surface area (Å²) in [4.78, 5) is 11.6. The number of hydrogen-bond acceptors (Lipinski definition) is 2. The second-order valence-electron chi connectivity index (χ2n) is 6.20. The zero-order valence-electron chi connectivity index (χ0n) is 14.2. The Morgan fingerprint density at radius 2 is 1.57 bits per heavy atom. The second-order valence-corrected chi connectivity index (χ2v) is 6.99. The molecule has 0 spiro atoms. The molecule has 0 aromatic carbocycles. The van der Waals surface area contributed by atoms with Crippen molar-refractivity contribution < 1.29 is 9.53 Å². The fraction of sp³-hybridized carbons (Fsp3) is 0.944. The average molecular weight is 363 g/mol. The van der Waals surface area contributed by atoms with Gasteiger partial charge in [-0.2, -0.15) is 0 Å². The average Bonchev–Trinajstić information content (AvgIpc) is 2.48. The van der Waals surface area contributed by atoms with Crippen LogP contribution < -0.4 is 0 Å². The van der Waals surface area contributed by atoms with E-state index in [0.717, 1.165) is 18.2 Å². The molecule has 0 saturated carbocycles. The molecule has 0 rings (SSSR count). The number of esters is 1. The monoisotopic (exact) mass is 362 g/mol. The minimum atomic E-state index is -0.00383. The summed E-state index contributed by atoms with van der Waals surface area (Å²) >= 11 is 3.44. The van der Waals surface area contributed by atoms with Gasteiger partial charge in [0.15, 0.2) is 0 Å². The first-order valence-corrected chi connectivity index (χ1v) is 10.0. The summed E-state index contributed by atoms with van der Waals surface area (Å²) in [6, 6.07) is 0. The predicted octanol–water partition coefficient (Wildman–Crippen LogP) is 6.26. The molecule has 0 bridgehead atoms. The van der Waals surface area contributed by atoms with Gasteiger partial charge >= 0.3 is 5.97 Å². The highest BCUT2D eigenvalue weighted by Crippen LogP contribution is 2.12. The molecule has 3 heteroatoms. The van der Waals surface area contributed by atoms with E-state index >= 15 is 0 Å². The van der Waals surface area contributed by atoms with Gasteiger partial charge in [0.05, 0.1) is 6.61 Å². The fourth-order valence-corrected chi connectivity index (χ4v) is 2.78. The van der Waals surface area contributed by atoms with Crippen molar-refractivity contribution in [3.05, 3.63) is 0 Å². The molecule has 0 aliphatic carbocycles. The number of rotatable bonds is 15. The highest BCUT2D eigenvalue weighted by Gasteiger charge is 2.07. The van der Waals surface area contributed by atoms with Crippen LogP contribution >= 0.6 is 15.9 Å². The highest BCUT2D eigenvalue weighted by molar-refractivity contribution is 9.09. The quantitative estimate of drug-likeness (QED) is 0.195. The zero-order valence-corrected chi connectivity index (χ0v) is 15.8. The van der Waals surface area contributed by atoms with Crippen molar-refractivity contribution in [3.8, 4) is 0 Å². The van der Waals surface area contributed by atoms with Crippen LogP contribution in [0.2, 0.25) is 0 Å². The van der Waals surface area contributed by atoms with Gasteiger partial charge in [-0.05, 0) is 25.2 Å². The first kappa shape index (κ1) is 20.9. The van der Waals surface area contributed by atoms with E-state index in [2.05, 4.69) is 29.8 Å². The molecule has 0 aliphatic heterocycles. The lowest BCUT2D eigenvalue weighted by Crippen LogP contribution is -2.11. The summed E-state index contributed by atoms with van der Waals surface area (Å²) in [5.74, 6) is 0.495. The number of unbranched alkanes of at least 4 members (excludes halogenated alkanes) is 8. The molecule has 2 nitrogen and oxygen atoms in total. The van der Waals surface area contributed by atoms with E-state index in [9.17, 15) is 4.79 Å². The van der Waals surface area contributed by atoms with Crippen LogP contribution in [-0.4, -0.2) is 17.9 Å². The molecule has 0 aliphatic rings. The normalized spacial score (nSPS) is 12.3. The Morgan fingerprint density at radius 1 is 0.952 bits per heavy atom.